The molecule has 2 fully saturated rings. The molecule has 1 amide bonds. The lowest BCUT2D eigenvalue weighted by Crippen LogP contribution is -2.44. The summed E-state index contributed by atoms with van der Waals surface area (Å²) in [4.78, 5) is 13.8. The highest BCUT2D eigenvalue weighted by Gasteiger charge is 2.44. The summed E-state index contributed by atoms with van der Waals surface area (Å²) in [5.74, 6) is 0.613. The summed E-state index contributed by atoms with van der Waals surface area (Å²) < 4.78 is 5.42. The fourth-order valence-corrected chi connectivity index (χ4v) is 2.73. The zero-order valence-corrected chi connectivity index (χ0v) is 10.6. The van der Waals surface area contributed by atoms with Crippen molar-refractivity contribution in [2.75, 3.05) is 13.1 Å². The standard InChI is InChI=1S/C12H22N2O2/c1-8-10-9(5-6-13-10)7-14(8)11(15)16-12(2,3)4/h8-10,13H,5-7H2,1-4H3/t8-,9+,10-/m1/s1. The van der Waals surface area contributed by atoms with Crippen molar-refractivity contribution in [2.45, 2.75) is 51.8 Å². The van der Waals surface area contributed by atoms with Crippen LogP contribution in [0.15, 0.2) is 0 Å². The Morgan fingerprint density at radius 1 is 1.44 bits per heavy atom. The number of ether oxygens (including phenoxy) is 1. The van der Waals surface area contributed by atoms with Crippen LogP contribution in [0.1, 0.15) is 34.1 Å². The van der Waals surface area contributed by atoms with Crippen molar-refractivity contribution >= 4 is 6.09 Å². The third-order valence-corrected chi connectivity index (χ3v) is 3.47. The Bertz CT molecular complexity index is 285. The lowest BCUT2D eigenvalue weighted by atomic mass is 10.0. The molecule has 0 aromatic rings. The van der Waals surface area contributed by atoms with E-state index in [-0.39, 0.29) is 12.1 Å². The van der Waals surface area contributed by atoms with E-state index in [0.29, 0.717) is 12.0 Å². The van der Waals surface area contributed by atoms with E-state index in [1.165, 1.54) is 6.42 Å². The quantitative estimate of drug-likeness (QED) is 0.682. The van der Waals surface area contributed by atoms with Crippen LogP contribution < -0.4 is 5.32 Å². The van der Waals surface area contributed by atoms with Crippen LogP contribution in [0.3, 0.4) is 0 Å². The van der Waals surface area contributed by atoms with Gasteiger partial charge in [-0.1, -0.05) is 0 Å². The number of nitrogens with one attached hydrogen (secondary N) is 1. The largest absolute Gasteiger partial charge is 0.444 e. The van der Waals surface area contributed by atoms with Gasteiger partial charge >= 0.3 is 6.09 Å². The molecule has 3 atom stereocenters. The molecular formula is C12H22N2O2. The van der Waals surface area contributed by atoms with E-state index in [0.717, 1.165) is 13.1 Å². The Labute approximate surface area is 97.3 Å². The van der Waals surface area contributed by atoms with Crippen molar-refractivity contribution in [2.24, 2.45) is 5.92 Å². The summed E-state index contributed by atoms with van der Waals surface area (Å²) in [6.45, 7) is 9.75. The Balaban J connectivity index is 1.99. The number of carbonyl (C=O) groups is 1. The molecule has 2 aliphatic rings. The molecule has 2 saturated heterocycles. The summed E-state index contributed by atoms with van der Waals surface area (Å²) in [6.07, 6.45) is 1.00. The second-order valence-corrected chi connectivity index (χ2v) is 5.90. The average Bonchev–Trinajstić information content (AvgIpc) is 2.66. The summed E-state index contributed by atoms with van der Waals surface area (Å²) in [7, 11) is 0. The molecule has 4 nitrogen and oxygen atoms in total. The first kappa shape index (κ1) is 11.7. The van der Waals surface area contributed by atoms with Crippen LogP contribution in [0.25, 0.3) is 0 Å². The normalized spacial score (nSPS) is 34.0. The molecule has 2 heterocycles. The maximum absolute atomic E-state index is 12.0. The van der Waals surface area contributed by atoms with Crippen LogP contribution in [0.2, 0.25) is 0 Å². The Kier molecular flexibility index (Phi) is 2.86. The minimum absolute atomic E-state index is 0.170. The molecule has 0 radical (unpaired) electrons. The number of amides is 1. The lowest BCUT2D eigenvalue weighted by Gasteiger charge is -2.28. The van der Waals surface area contributed by atoms with Gasteiger partial charge in [-0.2, -0.15) is 0 Å². The van der Waals surface area contributed by atoms with E-state index in [1.54, 1.807) is 0 Å². The Morgan fingerprint density at radius 3 is 2.69 bits per heavy atom. The van der Waals surface area contributed by atoms with Gasteiger partial charge in [0, 0.05) is 18.6 Å². The van der Waals surface area contributed by atoms with Gasteiger partial charge in [-0.05, 0) is 46.6 Å². The van der Waals surface area contributed by atoms with E-state index in [2.05, 4.69) is 12.2 Å². The Morgan fingerprint density at radius 2 is 2.12 bits per heavy atom. The number of fused-ring (bicyclic) bond motifs is 1. The van der Waals surface area contributed by atoms with Gasteiger partial charge in [-0.15, -0.1) is 0 Å². The van der Waals surface area contributed by atoms with Gasteiger partial charge in [0.25, 0.3) is 0 Å². The number of rotatable bonds is 0. The molecule has 92 valence electrons. The number of likely N-dealkylation sites (tertiary alicyclic amines) is 1. The van der Waals surface area contributed by atoms with E-state index in [9.17, 15) is 4.79 Å². The van der Waals surface area contributed by atoms with Gasteiger partial charge in [0.05, 0.1) is 0 Å². The molecule has 0 unspecified atom stereocenters. The van der Waals surface area contributed by atoms with Crippen LogP contribution >= 0.6 is 0 Å². The molecule has 0 aromatic carbocycles. The molecule has 0 aliphatic carbocycles. The second-order valence-electron chi connectivity index (χ2n) is 5.90. The molecule has 0 saturated carbocycles. The van der Waals surface area contributed by atoms with Crippen molar-refractivity contribution in [1.29, 1.82) is 0 Å². The molecular weight excluding hydrogens is 204 g/mol. The number of hydrogen-bond acceptors (Lipinski definition) is 3. The summed E-state index contributed by atoms with van der Waals surface area (Å²) >= 11 is 0. The zero-order valence-electron chi connectivity index (χ0n) is 10.6. The molecule has 0 bridgehead atoms. The van der Waals surface area contributed by atoms with Gasteiger partial charge in [0.15, 0.2) is 0 Å². The van der Waals surface area contributed by atoms with Crippen LogP contribution in [0.5, 0.6) is 0 Å². The molecule has 2 aliphatic heterocycles. The van der Waals surface area contributed by atoms with E-state index in [1.807, 2.05) is 25.7 Å². The van der Waals surface area contributed by atoms with E-state index < -0.39 is 5.60 Å². The van der Waals surface area contributed by atoms with Crippen LogP contribution in [-0.4, -0.2) is 41.8 Å². The SMILES string of the molecule is C[C@@H]1[C@H]2NCC[C@H]2CN1C(=O)OC(C)(C)C. The molecule has 0 aromatic heterocycles. The highest BCUT2D eigenvalue weighted by molar-refractivity contribution is 5.69. The third-order valence-electron chi connectivity index (χ3n) is 3.47. The molecule has 1 N–H and O–H groups in total. The van der Waals surface area contributed by atoms with Crippen molar-refractivity contribution < 1.29 is 9.53 Å². The molecule has 4 heteroatoms. The second kappa shape index (κ2) is 3.91. The topological polar surface area (TPSA) is 41.6 Å². The summed E-state index contributed by atoms with van der Waals surface area (Å²) in [5, 5.41) is 3.47. The molecule has 0 spiro atoms. The first-order valence-corrected chi connectivity index (χ1v) is 6.11. The maximum Gasteiger partial charge on any atom is 0.410 e. The highest BCUT2D eigenvalue weighted by atomic mass is 16.6. The fraction of sp³-hybridized carbons (Fsp3) is 0.917. The number of hydrogen-bond donors (Lipinski definition) is 1. The van der Waals surface area contributed by atoms with Crippen molar-refractivity contribution in [1.82, 2.24) is 10.2 Å². The smallest absolute Gasteiger partial charge is 0.410 e. The van der Waals surface area contributed by atoms with Crippen molar-refractivity contribution in [3.05, 3.63) is 0 Å². The molecule has 16 heavy (non-hydrogen) atoms. The van der Waals surface area contributed by atoms with Crippen LogP contribution in [0.4, 0.5) is 4.79 Å². The minimum Gasteiger partial charge on any atom is -0.444 e. The Hall–Kier alpha value is -0.770. The number of nitrogens with zero attached hydrogens (tertiary/aromatic N) is 1. The predicted octanol–water partition coefficient (Wildman–Crippen LogP) is 1.60. The predicted molar refractivity (Wildman–Crippen MR) is 62.3 cm³/mol. The van der Waals surface area contributed by atoms with Gasteiger partial charge in [-0.3, -0.25) is 0 Å². The average molecular weight is 226 g/mol. The summed E-state index contributed by atoms with van der Waals surface area (Å²) in [6, 6.07) is 0.717. The highest BCUT2D eigenvalue weighted by Crippen LogP contribution is 2.30. The summed E-state index contributed by atoms with van der Waals surface area (Å²) in [5.41, 5.74) is -0.401. The van der Waals surface area contributed by atoms with Gasteiger partial charge < -0.3 is 15.0 Å². The molecule has 2 rings (SSSR count). The monoisotopic (exact) mass is 226 g/mol. The fourth-order valence-electron chi connectivity index (χ4n) is 2.73. The van der Waals surface area contributed by atoms with Crippen LogP contribution in [-0.2, 0) is 4.74 Å². The van der Waals surface area contributed by atoms with Gasteiger partial charge in [-0.25, -0.2) is 4.79 Å². The third kappa shape index (κ3) is 2.17. The first-order chi connectivity index (χ1) is 7.38. The first-order valence-electron chi connectivity index (χ1n) is 6.11. The number of carbonyl (C=O) groups excluding carboxylic acids is 1. The van der Waals surface area contributed by atoms with E-state index in [4.69, 9.17) is 4.74 Å². The minimum atomic E-state index is -0.401. The van der Waals surface area contributed by atoms with Crippen molar-refractivity contribution in [3.63, 3.8) is 0 Å². The van der Waals surface area contributed by atoms with Gasteiger partial charge in [0.2, 0.25) is 0 Å². The van der Waals surface area contributed by atoms with Crippen LogP contribution in [0, 0.1) is 5.92 Å². The zero-order chi connectivity index (χ0) is 11.9. The lowest BCUT2D eigenvalue weighted by molar-refractivity contribution is 0.0223. The van der Waals surface area contributed by atoms with Gasteiger partial charge in [0.1, 0.15) is 5.60 Å². The maximum atomic E-state index is 12.0. The van der Waals surface area contributed by atoms with E-state index >= 15 is 0 Å². The van der Waals surface area contributed by atoms with Crippen molar-refractivity contribution in [3.8, 4) is 0 Å².